The molecule has 3 heterocycles. The molecule has 2 N–H and O–H groups in total. The first-order chi connectivity index (χ1) is 16.6. The number of amides is 1. The average Bonchev–Trinajstić information content (AvgIpc) is 3.53. The van der Waals surface area contributed by atoms with Crippen LogP contribution in [0.5, 0.6) is 0 Å². The smallest absolute Gasteiger partial charge is 0.249 e. The van der Waals surface area contributed by atoms with Crippen LogP contribution >= 0.6 is 27.5 Å². The van der Waals surface area contributed by atoms with Gasteiger partial charge < -0.3 is 15.4 Å². The highest BCUT2D eigenvalue weighted by molar-refractivity contribution is 9.10. The third kappa shape index (κ3) is 4.94. The van der Waals surface area contributed by atoms with Gasteiger partial charge in [0, 0.05) is 36.3 Å². The summed E-state index contributed by atoms with van der Waals surface area (Å²) in [6.45, 7) is 1.75. The maximum absolute atomic E-state index is 12.1. The molecule has 1 saturated heterocycles. The second kappa shape index (κ2) is 10.1. The second-order valence-corrected chi connectivity index (χ2v) is 9.39. The molecule has 0 saturated carbocycles. The molecule has 0 bridgehead atoms. The number of benzene rings is 2. The molecular weight excluding hydrogens is 518 g/mol. The highest BCUT2D eigenvalue weighted by Gasteiger charge is 2.23. The molecule has 0 radical (unpaired) electrons. The van der Waals surface area contributed by atoms with Gasteiger partial charge in [-0.1, -0.05) is 54.1 Å². The van der Waals surface area contributed by atoms with Crippen molar-refractivity contribution in [2.45, 2.75) is 32.0 Å². The lowest BCUT2D eigenvalue weighted by Gasteiger charge is -2.13. The van der Waals surface area contributed by atoms with E-state index in [0.29, 0.717) is 30.4 Å². The Morgan fingerprint density at radius 3 is 2.65 bits per heavy atom. The number of hydrogen-bond donors (Lipinski definition) is 2. The number of hydrogen-bond acceptors (Lipinski definition) is 5. The number of carbonyl (C=O) groups is 1. The number of fused-ring (bicyclic) bond motifs is 1. The summed E-state index contributed by atoms with van der Waals surface area (Å²) in [6.07, 6.45) is 3.16. The standard InChI is InChI=1S/C25H23BrClN5O2/c26-19-15-30-32-23(12-21(31-24(19)32)18-4-1-2-5-20(18)27)28-13-16-7-9-17(10-8-16)14-29-25(33)22-6-3-11-34-22/h1-2,4-5,7-10,12,15,22,28H,3,6,11,13-14H2,(H,29,33)/t22-/m0/s1. The Morgan fingerprint density at radius 1 is 1.15 bits per heavy atom. The summed E-state index contributed by atoms with van der Waals surface area (Å²) in [5.41, 5.74) is 4.47. The van der Waals surface area contributed by atoms with E-state index in [0.717, 1.165) is 45.5 Å². The fourth-order valence-electron chi connectivity index (χ4n) is 3.92. The largest absolute Gasteiger partial charge is 0.368 e. The summed E-state index contributed by atoms with van der Waals surface area (Å²) in [5, 5.41) is 11.5. The number of ether oxygens (including phenoxy) is 1. The van der Waals surface area contributed by atoms with Crippen molar-refractivity contribution in [1.82, 2.24) is 19.9 Å². The van der Waals surface area contributed by atoms with Crippen LogP contribution in [0.4, 0.5) is 5.82 Å². The van der Waals surface area contributed by atoms with Gasteiger partial charge in [0.25, 0.3) is 0 Å². The van der Waals surface area contributed by atoms with Crippen molar-refractivity contribution in [3.05, 3.63) is 81.4 Å². The summed E-state index contributed by atoms with van der Waals surface area (Å²) in [7, 11) is 0. The molecule has 1 aliphatic rings. The van der Waals surface area contributed by atoms with Crippen LogP contribution in [0.25, 0.3) is 16.9 Å². The SMILES string of the molecule is O=C(NCc1ccc(CNc2cc(-c3ccccc3Cl)nc3c(Br)cnn23)cc1)[C@@H]1CCCO1. The highest BCUT2D eigenvalue weighted by Crippen LogP contribution is 2.30. The fraction of sp³-hybridized carbons (Fsp3) is 0.240. The monoisotopic (exact) mass is 539 g/mol. The lowest BCUT2D eigenvalue weighted by molar-refractivity contribution is -0.130. The molecule has 9 heteroatoms. The molecule has 1 fully saturated rings. The number of carbonyl (C=O) groups excluding carboxylic acids is 1. The Labute approximate surface area is 210 Å². The Kier molecular flexibility index (Phi) is 6.80. The van der Waals surface area contributed by atoms with Gasteiger partial charge in [0.2, 0.25) is 5.91 Å². The quantitative estimate of drug-likeness (QED) is 0.336. The van der Waals surface area contributed by atoms with E-state index < -0.39 is 0 Å². The fourth-order valence-corrected chi connectivity index (χ4v) is 4.50. The Balaban J connectivity index is 1.29. The number of nitrogens with one attached hydrogen (secondary N) is 2. The minimum Gasteiger partial charge on any atom is -0.368 e. The zero-order valence-electron chi connectivity index (χ0n) is 18.3. The van der Waals surface area contributed by atoms with Gasteiger partial charge in [-0.2, -0.15) is 9.61 Å². The van der Waals surface area contributed by atoms with Crippen molar-refractivity contribution < 1.29 is 9.53 Å². The molecule has 2 aromatic carbocycles. The molecule has 34 heavy (non-hydrogen) atoms. The van der Waals surface area contributed by atoms with Crippen LogP contribution in [-0.2, 0) is 22.6 Å². The summed E-state index contributed by atoms with van der Waals surface area (Å²) in [6, 6.07) is 17.7. The van der Waals surface area contributed by atoms with Gasteiger partial charge in [0.05, 0.1) is 16.4 Å². The summed E-state index contributed by atoms with van der Waals surface area (Å²) < 4.78 is 8.00. The maximum Gasteiger partial charge on any atom is 0.249 e. The van der Waals surface area contributed by atoms with E-state index >= 15 is 0 Å². The zero-order valence-corrected chi connectivity index (χ0v) is 20.6. The third-order valence-corrected chi connectivity index (χ3v) is 6.65. The summed E-state index contributed by atoms with van der Waals surface area (Å²) >= 11 is 9.95. The van der Waals surface area contributed by atoms with Crippen molar-refractivity contribution in [2.75, 3.05) is 11.9 Å². The predicted octanol–water partition coefficient (Wildman–Crippen LogP) is 5.22. The Bertz CT molecular complexity index is 1320. The van der Waals surface area contributed by atoms with Crippen molar-refractivity contribution in [2.24, 2.45) is 0 Å². The Morgan fingerprint density at radius 2 is 1.91 bits per heavy atom. The van der Waals surface area contributed by atoms with E-state index in [1.165, 1.54) is 0 Å². The number of nitrogens with zero attached hydrogens (tertiary/aromatic N) is 3. The van der Waals surface area contributed by atoms with Crippen LogP contribution in [0.3, 0.4) is 0 Å². The van der Waals surface area contributed by atoms with E-state index in [1.54, 1.807) is 10.7 Å². The molecule has 0 unspecified atom stereocenters. The van der Waals surface area contributed by atoms with Crippen LogP contribution in [-0.4, -0.2) is 33.2 Å². The highest BCUT2D eigenvalue weighted by atomic mass is 79.9. The van der Waals surface area contributed by atoms with Gasteiger partial charge in [-0.3, -0.25) is 4.79 Å². The normalized spacial score (nSPS) is 15.5. The van der Waals surface area contributed by atoms with Crippen molar-refractivity contribution >= 4 is 44.9 Å². The topological polar surface area (TPSA) is 80.5 Å². The molecule has 174 valence electrons. The molecule has 0 aliphatic carbocycles. The maximum atomic E-state index is 12.1. The minimum absolute atomic E-state index is 0.0374. The van der Waals surface area contributed by atoms with E-state index in [1.807, 2.05) is 54.6 Å². The third-order valence-electron chi connectivity index (χ3n) is 5.76. The Hall–Kier alpha value is -2.94. The van der Waals surface area contributed by atoms with Crippen molar-refractivity contribution in [3.8, 4) is 11.3 Å². The van der Waals surface area contributed by atoms with Gasteiger partial charge in [-0.15, -0.1) is 0 Å². The number of anilines is 1. The van der Waals surface area contributed by atoms with Gasteiger partial charge in [0.1, 0.15) is 11.9 Å². The van der Waals surface area contributed by atoms with Crippen LogP contribution in [0.1, 0.15) is 24.0 Å². The predicted molar refractivity (Wildman–Crippen MR) is 136 cm³/mol. The molecule has 7 nitrogen and oxygen atoms in total. The van der Waals surface area contributed by atoms with E-state index in [4.69, 9.17) is 21.3 Å². The summed E-state index contributed by atoms with van der Waals surface area (Å²) in [5.74, 6) is 0.767. The second-order valence-electron chi connectivity index (χ2n) is 8.12. The lowest BCUT2D eigenvalue weighted by Crippen LogP contribution is -2.33. The molecule has 1 aliphatic heterocycles. The molecule has 1 atom stereocenters. The van der Waals surface area contributed by atoms with Crippen LogP contribution in [0.2, 0.25) is 5.02 Å². The molecule has 4 aromatic rings. The summed E-state index contributed by atoms with van der Waals surface area (Å²) in [4.78, 5) is 16.9. The molecular formula is C25H23BrClN5O2. The molecule has 5 rings (SSSR count). The number of rotatable bonds is 7. The van der Waals surface area contributed by atoms with Gasteiger partial charge in [-0.05, 0) is 46.0 Å². The van der Waals surface area contributed by atoms with Crippen molar-refractivity contribution in [1.29, 1.82) is 0 Å². The van der Waals surface area contributed by atoms with E-state index in [2.05, 4.69) is 31.7 Å². The van der Waals surface area contributed by atoms with E-state index in [9.17, 15) is 4.79 Å². The van der Waals surface area contributed by atoms with Gasteiger partial charge in [0.15, 0.2) is 5.65 Å². The minimum atomic E-state index is -0.307. The molecule has 2 aromatic heterocycles. The first-order valence-electron chi connectivity index (χ1n) is 11.1. The van der Waals surface area contributed by atoms with Gasteiger partial charge in [-0.25, -0.2) is 4.98 Å². The first kappa shape index (κ1) is 22.8. The molecule has 1 amide bonds. The lowest BCUT2D eigenvalue weighted by atomic mass is 10.1. The van der Waals surface area contributed by atoms with Crippen LogP contribution in [0, 0.1) is 0 Å². The molecule has 0 spiro atoms. The number of aromatic nitrogens is 3. The first-order valence-corrected chi connectivity index (χ1v) is 12.3. The average molecular weight is 541 g/mol. The van der Waals surface area contributed by atoms with Crippen LogP contribution < -0.4 is 10.6 Å². The van der Waals surface area contributed by atoms with E-state index in [-0.39, 0.29) is 12.0 Å². The van der Waals surface area contributed by atoms with Crippen LogP contribution in [0.15, 0.2) is 65.3 Å². The number of halogens is 2. The van der Waals surface area contributed by atoms with Gasteiger partial charge >= 0.3 is 0 Å². The zero-order chi connectivity index (χ0) is 23.5. The van der Waals surface area contributed by atoms with Crippen molar-refractivity contribution in [3.63, 3.8) is 0 Å².